The number of benzene rings is 1. The zero-order valence-electron chi connectivity index (χ0n) is 20.7. The molecular formula is C23H34N4O10. The van der Waals surface area contributed by atoms with E-state index >= 15 is 0 Å². The summed E-state index contributed by atoms with van der Waals surface area (Å²) in [4.78, 5) is 60.8. The maximum absolute atomic E-state index is 11.6. The van der Waals surface area contributed by atoms with Crippen LogP contribution < -0.4 is 5.32 Å². The summed E-state index contributed by atoms with van der Waals surface area (Å²) in [6.45, 7) is -1.47. The molecule has 0 aliphatic carbocycles. The maximum Gasteiger partial charge on any atom is 0.317 e. The number of aliphatic carboxylic acids is 5. The predicted molar refractivity (Wildman–Crippen MR) is 131 cm³/mol. The third-order valence-electron chi connectivity index (χ3n) is 5.56. The van der Waals surface area contributed by atoms with Gasteiger partial charge in [0.1, 0.15) is 0 Å². The van der Waals surface area contributed by atoms with E-state index in [0.717, 1.165) is 16.2 Å². The first kappa shape index (κ1) is 31.3. The molecule has 1 aromatic carbocycles. The van der Waals surface area contributed by atoms with Gasteiger partial charge in [-0.2, -0.15) is 0 Å². The van der Waals surface area contributed by atoms with Crippen LogP contribution in [0.3, 0.4) is 0 Å². The lowest BCUT2D eigenvalue weighted by atomic mass is 10.0. The van der Waals surface area contributed by atoms with Gasteiger partial charge in [-0.05, 0) is 31.0 Å². The van der Waals surface area contributed by atoms with Crippen molar-refractivity contribution in [2.75, 3.05) is 58.2 Å². The van der Waals surface area contributed by atoms with Crippen LogP contribution in [0.5, 0.6) is 0 Å². The number of carbonyl (C=O) groups is 5. The minimum atomic E-state index is -1.26. The lowest BCUT2D eigenvalue weighted by Crippen LogP contribution is -2.53. The van der Waals surface area contributed by atoms with Gasteiger partial charge in [-0.3, -0.25) is 38.7 Å². The second-order valence-corrected chi connectivity index (χ2v) is 8.63. The van der Waals surface area contributed by atoms with E-state index in [2.05, 4.69) is 5.32 Å². The van der Waals surface area contributed by atoms with Gasteiger partial charge in [-0.1, -0.05) is 12.1 Å². The molecule has 0 aliphatic rings. The first-order chi connectivity index (χ1) is 17.3. The molecule has 37 heavy (non-hydrogen) atoms. The highest BCUT2D eigenvalue weighted by atomic mass is 16.4. The number of nitrogens with zero attached hydrogens (tertiary/aromatic N) is 3. The van der Waals surface area contributed by atoms with E-state index in [0.29, 0.717) is 0 Å². The first-order valence-electron chi connectivity index (χ1n) is 11.4. The molecule has 0 aromatic heterocycles. The highest BCUT2D eigenvalue weighted by Crippen LogP contribution is 2.15. The zero-order chi connectivity index (χ0) is 28.1. The zero-order valence-corrected chi connectivity index (χ0v) is 20.7. The summed E-state index contributed by atoms with van der Waals surface area (Å²) in [7, 11) is 1.74. The van der Waals surface area contributed by atoms with Gasteiger partial charge >= 0.3 is 29.8 Å². The van der Waals surface area contributed by atoms with E-state index in [4.69, 9.17) is 10.2 Å². The second-order valence-electron chi connectivity index (χ2n) is 8.63. The monoisotopic (exact) mass is 526 g/mol. The third-order valence-corrected chi connectivity index (χ3v) is 5.56. The number of anilines is 1. The molecular weight excluding hydrogens is 492 g/mol. The number of hydrogen-bond donors (Lipinski definition) is 6. The summed E-state index contributed by atoms with van der Waals surface area (Å²) in [5, 5.41) is 49.5. The van der Waals surface area contributed by atoms with Crippen LogP contribution in [-0.2, 0) is 30.4 Å². The van der Waals surface area contributed by atoms with Gasteiger partial charge in [0.15, 0.2) is 0 Å². The lowest BCUT2D eigenvalue weighted by molar-refractivity contribution is -0.144. The van der Waals surface area contributed by atoms with Crippen LogP contribution in [0.1, 0.15) is 12.5 Å². The Bertz CT molecular complexity index is 908. The predicted octanol–water partition coefficient (Wildman–Crippen LogP) is -0.643. The Morgan fingerprint density at radius 2 is 1.14 bits per heavy atom. The van der Waals surface area contributed by atoms with Gasteiger partial charge < -0.3 is 30.8 Å². The van der Waals surface area contributed by atoms with Crippen molar-refractivity contribution in [3.05, 3.63) is 29.8 Å². The summed E-state index contributed by atoms with van der Waals surface area (Å²) in [6.07, 6.45) is 0.197. The van der Waals surface area contributed by atoms with Crippen molar-refractivity contribution < 1.29 is 49.5 Å². The number of nitrogens with one attached hydrogen (secondary N) is 1. The van der Waals surface area contributed by atoms with Crippen LogP contribution in [0.25, 0.3) is 0 Å². The van der Waals surface area contributed by atoms with Gasteiger partial charge in [0.25, 0.3) is 0 Å². The minimum Gasteiger partial charge on any atom is -0.480 e. The van der Waals surface area contributed by atoms with Crippen LogP contribution in [0.2, 0.25) is 0 Å². The van der Waals surface area contributed by atoms with Crippen molar-refractivity contribution in [2.24, 2.45) is 0 Å². The van der Waals surface area contributed by atoms with Crippen molar-refractivity contribution in [1.29, 1.82) is 0 Å². The van der Waals surface area contributed by atoms with Gasteiger partial charge in [-0.25, -0.2) is 0 Å². The van der Waals surface area contributed by atoms with E-state index in [1.54, 1.807) is 38.2 Å². The van der Waals surface area contributed by atoms with Gasteiger partial charge in [0.2, 0.25) is 0 Å². The number of hydrogen-bond acceptors (Lipinski definition) is 9. The summed E-state index contributed by atoms with van der Waals surface area (Å²) >= 11 is 0. The fourth-order valence-corrected chi connectivity index (χ4v) is 3.95. The number of carboxylic acids is 5. The smallest absolute Gasteiger partial charge is 0.317 e. The van der Waals surface area contributed by atoms with Gasteiger partial charge in [0.05, 0.1) is 32.7 Å². The molecule has 0 aliphatic heterocycles. The van der Waals surface area contributed by atoms with Crippen molar-refractivity contribution in [2.45, 2.75) is 25.4 Å². The molecule has 1 aromatic rings. The third kappa shape index (κ3) is 12.7. The molecule has 206 valence electrons. The molecule has 1 unspecified atom stereocenters. The van der Waals surface area contributed by atoms with Crippen LogP contribution in [0, 0.1) is 0 Å². The molecule has 2 atom stereocenters. The molecule has 0 saturated carbocycles. The number of carboxylic acid groups (broad SMARTS) is 5. The minimum absolute atomic E-state index is 0.0595. The van der Waals surface area contributed by atoms with Crippen LogP contribution in [0.4, 0.5) is 5.69 Å². The summed E-state index contributed by atoms with van der Waals surface area (Å²) in [5.74, 6) is -6.24. The van der Waals surface area contributed by atoms with Crippen LogP contribution >= 0.6 is 0 Å². The van der Waals surface area contributed by atoms with Crippen molar-refractivity contribution in [1.82, 2.24) is 14.7 Å². The summed E-state index contributed by atoms with van der Waals surface area (Å²) in [5.41, 5.74) is 1.58. The maximum atomic E-state index is 11.6. The molecule has 0 fully saturated rings. The highest BCUT2D eigenvalue weighted by Gasteiger charge is 2.29. The van der Waals surface area contributed by atoms with Gasteiger partial charge in [0, 0.05) is 37.9 Å². The molecule has 6 N–H and O–H groups in total. The Kier molecular flexibility index (Phi) is 13.0. The standard InChI is InChI=1S/C23H34N4O10/c1-15(26(11-20(30)31)12-21(32)33)8-25(10-19(28)29)9-18(27(13-22(34)35)14-23(36)37)7-16-3-5-17(24-2)6-4-16/h3-6,15,18,24H,7-14H2,1-2H3,(H,28,29)(H,30,31)(H,32,33)(H,34,35)(H,36,37)/t15?,18-/m0/s1. The average Bonchev–Trinajstić information content (AvgIpc) is 2.76. The largest absolute Gasteiger partial charge is 0.480 e. The molecule has 14 heteroatoms. The van der Waals surface area contributed by atoms with Gasteiger partial charge in [-0.15, -0.1) is 0 Å². The molecule has 1 rings (SSSR count). The van der Waals surface area contributed by atoms with E-state index < -0.39 is 74.7 Å². The molecule has 0 saturated heterocycles. The highest BCUT2D eigenvalue weighted by molar-refractivity contribution is 5.73. The van der Waals surface area contributed by atoms with Crippen LogP contribution in [-0.4, -0.2) is 135 Å². The normalized spacial score (nSPS) is 12.9. The quantitative estimate of drug-likeness (QED) is 0.132. The van der Waals surface area contributed by atoms with E-state index in [9.17, 15) is 39.3 Å². The molecule has 0 heterocycles. The van der Waals surface area contributed by atoms with E-state index in [1.807, 2.05) is 0 Å². The number of rotatable bonds is 19. The Morgan fingerprint density at radius 1 is 0.703 bits per heavy atom. The molecule has 0 bridgehead atoms. The first-order valence-corrected chi connectivity index (χ1v) is 11.4. The van der Waals surface area contributed by atoms with Crippen molar-refractivity contribution in [3.8, 4) is 0 Å². The fourth-order valence-electron chi connectivity index (χ4n) is 3.95. The Labute approximate surface area is 213 Å². The SMILES string of the molecule is CNc1ccc(C[C@@H](CN(CC(=O)O)CC(C)N(CC(=O)O)CC(=O)O)N(CC(=O)O)CC(=O)O)cc1. The summed E-state index contributed by atoms with van der Waals surface area (Å²) < 4.78 is 0. The van der Waals surface area contributed by atoms with Crippen LogP contribution in [0.15, 0.2) is 24.3 Å². The summed E-state index contributed by atoms with van der Waals surface area (Å²) in [6, 6.07) is 5.70. The Morgan fingerprint density at radius 3 is 1.54 bits per heavy atom. The topological polar surface area (TPSA) is 208 Å². The molecule has 0 radical (unpaired) electrons. The van der Waals surface area contributed by atoms with E-state index in [-0.39, 0.29) is 19.5 Å². The molecule has 0 amide bonds. The average molecular weight is 527 g/mol. The Hall–Kier alpha value is -3.75. The molecule has 14 nitrogen and oxygen atoms in total. The van der Waals surface area contributed by atoms with Crippen molar-refractivity contribution in [3.63, 3.8) is 0 Å². The molecule has 0 spiro atoms. The fraction of sp³-hybridized carbons (Fsp3) is 0.522. The van der Waals surface area contributed by atoms with Crippen molar-refractivity contribution >= 4 is 35.5 Å². The second kappa shape index (κ2) is 15.4. The van der Waals surface area contributed by atoms with E-state index in [1.165, 1.54) is 9.80 Å². The lowest BCUT2D eigenvalue weighted by Gasteiger charge is -2.36. The Balaban J connectivity index is 3.29.